The molecule has 1 fully saturated rings. The highest BCUT2D eigenvalue weighted by molar-refractivity contribution is 7.11. The van der Waals surface area contributed by atoms with Crippen molar-refractivity contribution in [1.82, 2.24) is 15.1 Å². The van der Waals surface area contributed by atoms with Crippen molar-refractivity contribution in [2.45, 2.75) is 39.8 Å². The van der Waals surface area contributed by atoms with Gasteiger partial charge in [0.05, 0.1) is 0 Å². The molecular weight excluding hydrogens is 294 g/mol. The summed E-state index contributed by atoms with van der Waals surface area (Å²) in [6.45, 7) is 6.27. The van der Waals surface area contributed by atoms with Crippen LogP contribution in [0.5, 0.6) is 0 Å². The number of carbonyl (C=O) groups is 2. The molecule has 1 aliphatic heterocycles. The summed E-state index contributed by atoms with van der Waals surface area (Å²) in [4.78, 5) is 24.8. The number of rotatable bonds is 5. The van der Waals surface area contributed by atoms with Crippen LogP contribution in [0.15, 0.2) is 0 Å². The summed E-state index contributed by atoms with van der Waals surface area (Å²) in [6.07, 6.45) is 0.462. The van der Waals surface area contributed by atoms with Crippen molar-refractivity contribution in [3.63, 3.8) is 0 Å². The van der Waals surface area contributed by atoms with Gasteiger partial charge in [-0.05, 0) is 18.8 Å². The molecule has 116 valence electrons. The number of aryl methyl sites for hydroxylation is 1. The maximum Gasteiger partial charge on any atom is 0.326 e. The molecule has 0 aliphatic carbocycles. The Balaban J connectivity index is 1.88. The van der Waals surface area contributed by atoms with Crippen LogP contribution in [-0.4, -0.2) is 51.3 Å². The molecular formula is C13H19N3O4S. The summed E-state index contributed by atoms with van der Waals surface area (Å²) in [7, 11) is 0. The molecule has 1 aliphatic rings. The van der Waals surface area contributed by atoms with Gasteiger partial charge in [-0.25, -0.2) is 4.79 Å². The van der Waals surface area contributed by atoms with Gasteiger partial charge in [-0.15, -0.1) is 10.2 Å². The summed E-state index contributed by atoms with van der Waals surface area (Å²) >= 11 is 1.41. The van der Waals surface area contributed by atoms with Gasteiger partial charge < -0.3 is 14.7 Å². The fourth-order valence-corrected chi connectivity index (χ4v) is 3.10. The molecule has 2 heterocycles. The van der Waals surface area contributed by atoms with Crippen molar-refractivity contribution >= 4 is 23.2 Å². The summed E-state index contributed by atoms with van der Waals surface area (Å²) in [5.41, 5.74) is -0.185. The topological polar surface area (TPSA) is 92.6 Å². The fourth-order valence-electron chi connectivity index (χ4n) is 2.46. The fraction of sp³-hybridized carbons (Fsp3) is 0.692. The van der Waals surface area contributed by atoms with Crippen molar-refractivity contribution in [3.05, 3.63) is 10.0 Å². The van der Waals surface area contributed by atoms with E-state index >= 15 is 0 Å². The average Bonchev–Trinajstić information content (AvgIpc) is 2.92. The molecule has 0 aromatic carbocycles. The Labute approximate surface area is 126 Å². The number of nitrogens with zero attached hydrogens (tertiary/aromatic N) is 3. The van der Waals surface area contributed by atoms with Gasteiger partial charge in [0.2, 0.25) is 5.91 Å². The lowest BCUT2D eigenvalue weighted by atomic mass is 9.91. The maximum absolute atomic E-state index is 12.1. The molecule has 0 saturated carbocycles. The molecule has 1 aromatic rings. The zero-order valence-corrected chi connectivity index (χ0v) is 13.1. The van der Waals surface area contributed by atoms with Crippen LogP contribution in [0, 0.1) is 12.3 Å². The number of carboxylic acid groups (broad SMARTS) is 1. The van der Waals surface area contributed by atoms with E-state index in [0.717, 1.165) is 5.01 Å². The predicted octanol–water partition coefficient (Wildman–Crippen LogP) is 1.07. The lowest BCUT2D eigenvalue weighted by Crippen LogP contribution is -2.42. The molecule has 1 unspecified atom stereocenters. The average molecular weight is 313 g/mol. The van der Waals surface area contributed by atoms with Crippen molar-refractivity contribution < 1.29 is 19.4 Å². The van der Waals surface area contributed by atoms with Crippen molar-refractivity contribution in [2.75, 3.05) is 13.2 Å². The van der Waals surface area contributed by atoms with E-state index in [-0.39, 0.29) is 24.5 Å². The van der Waals surface area contributed by atoms with E-state index in [9.17, 15) is 14.7 Å². The Hall–Kier alpha value is -1.54. The van der Waals surface area contributed by atoms with E-state index in [2.05, 4.69) is 10.2 Å². The molecule has 0 spiro atoms. The highest BCUT2D eigenvalue weighted by Crippen LogP contribution is 2.34. The third kappa shape index (κ3) is 3.98. The van der Waals surface area contributed by atoms with Gasteiger partial charge in [-0.2, -0.15) is 0 Å². The monoisotopic (exact) mass is 313 g/mol. The minimum Gasteiger partial charge on any atom is -0.480 e. The molecule has 2 rings (SSSR count). The Bertz CT molecular complexity index is 543. The Morgan fingerprint density at radius 1 is 1.48 bits per heavy atom. The third-order valence-corrected chi connectivity index (χ3v) is 4.16. The molecule has 8 heteroatoms. The van der Waals surface area contributed by atoms with Gasteiger partial charge in [0.25, 0.3) is 0 Å². The Kier molecular flexibility index (Phi) is 4.58. The Morgan fingerprint density at radius 2 is 2.19 bits per heavy atom. The lowest BCUT2D eigenvalue weighted by molar-refractivity contribution is -0.150. The van der Waals surface area contributed by atoms with E-state index in [1.54, 1.807) is 0 Å². The first-order valence-corrected chi connectivity index (χ1v) is 7.49. The van der Waals surface area contributed by atoms with E-state index in [1.807, 2.05) is 20.8 Å². The number of carboxylic acids is 1. The molecule has 1 aromatic heterocycles. The van der Waals surface area contributed by atoms with Crippen molar-refractivity contribution in [3.8, 4) is 0 Å². The van der Waals surface area contributed by atoms with Crippen LogP contribution in [0.1, 0.15) is 30.3 Å². The third-order valence-electron chi connectivity index (χ3n) is 3.34. The summed E-state index contributed by atoms with van der Waals surface area (Å²) in [5, 5.41) is 18.5. The molecule has 1 atom stereocenters. The molecule has 1 N–H and O–H groups in total. The summed E-state index contributed by atoms with van der Waals surface area (Å²) < 4.78 is 5.33. The molecule has 1 saturated heterocycles. The van der Waals surface area contributed by atoms with Gasteiger partial charge in [-0.1, -0.05) is 25.2 Å². The quantitative estimate of drug-likeness (QED) is 0.874. The van der Waals surface area contributed by atoms with Crippen LogP contribution in [0.4, 0.5) is 0 Å². The van der Waals surface area contributed by atoms with E-state index in [1.165, 1.54) is 16.2 Å². The van der Waals surface area contributed by atoms with Crippen LogP contribution < -0.4 is 0 Å². The van der Waals surface area contributed by atoms with E-state index in [0.29, 0.717) is 18.0 Å². The van der Waals surface area contributed by atoms with Crippen LogP contribution in [0.2, 0.25) is 0 Å². The molecule has 7 nitrogen and oxygen atoms in total. The van der Waals surface area contributed by atoms with Crippen LogP contribution in [0.3, 0.4) is 0 Å². The highest BCUT2D eigenvalue weighted by Gasteiger charge is 2.43. The number of amides is 1. The second-order valence-electron chi connectivity index (χ2n) is 5.95. The lowest BCUT2D eigenvalue weighted by Gasteiger charge is -2.22. The summed E-state index contributed by atoms with van der Waals surface area (Å²) in [6, 6.07) is -0.764. The maximum atomic E-state index is 12.1. The van der Waals surface area contributed by atoms with Gasteiger partial charge in [-0.3, -0.25) is 4.79 Å². The van der Waals surface area contributed by atoms with Gasteiger partial charge in [0, 0.05) is 6.54 Å². The largest absolute Gasteiger partial charge is 0.480 e. The second kappa shape index (κ2) is 6.07. The van der Waals surface area contributed by atoms with Gasteiger partial charge >= 0.3 is 5.97 Å². The number of carbonyl (C=O) groups excluding carboxylic acids is 1. The zero-order chi connectivity index (χ0) is 15.6. The number of hydrogen-bond acceptors (Lipinski definition) is 6. The van der Waals surface area contributed by atoms with Gasteiger partial charge in [0.15, 0.2) is 0 Å². The first kappa shape index (κ1) is 15.8. The standard InChI is InChI=1S/C13H19N3O4S/c1-8-14-15-10(21-8)5-20-6-11(17)16-7-13(2,3)4-9(16)12(18)19/h9H,4-7H2,1-3H3,(H,18,19). The van der Waals surface area contributed by atoms with Gasteiger partial charge in [0.1, 0.15) is 29.3 Å². The number of aliphatic carboxylic acids is 1. The second-order valence-corrected chi connectivity index (χ2v) is 7.22. The molecule has 0 radical (unpaired) electrons. The number of hydrogen-bond donors (Lipinski definition) is 1. The minimum atomic E-state index is -0.964. The predicted molar refractivity (Wildman–Crippen MR) is 75.8 cm³/mol. The SMILES string of the molecule is Cc1nnc(COCC(=O)N2CC(C)(C)CC2C(=O)O)s1. The van der Waals surface area contributed by atoms with Crippen LogP contribution >= 0.6 is 11.3 Å². The van der Waals surface area contributed by atoms with Crippen molar-refractivity contribution in [2.24, 2.45) is 5.41 Å². The van der Waals surface area contributed by atoms with Crippen molar-refractivity contribution in [1.29, 1.82) is 0 Å². The minimum absolute atomic E-state index is 0.140. The van der Waals surface area contributed by atoms with E-state index < -0.39 is 12.0 Å². The first-order valence-electron chi connectivity index (χ1n) is 6.67. The van der Waals surface area contributed by atoms with E-state index in [4.69, 9.17) is 4.74 Å². The first-order chi connectivity index (χ1) is 9.78. The zero-order valence-electron chi connectivity index (χ0n) is 12.3. The number of likely N-dealkylation sites (tertiary alicyclic amines) is 1. The normalized spacial score (nSPS) is 20.7. The highest BCUT2D eigenvalue weighted by atomic mass is 32.1. The smallest absolute Gasteiger partial charge is 0.326 e. The van der Waals surface area contributed by atoms with Crippen LogP contribution in [-0.2, 0) is 20.9 Å². The number of ether oxygens (including phenoxy) is 1. The number of aromatic nitrogens is 2. The van der Waals surface area contributed by atoms with Crippen LogP contribution in [0.25, 0.3) is 0 Å². The molecule has 21 heavy (non-hydrogen) atoms. The Morgan fingerprint density at radius 3 is 2.76 bits per heavy atom. The molecule has 1 amide bonds. The summed E-state index contributed by atoms with van der Waals surface area (Å²) in [5.74, 6) is -1.26. The molecule has 0 bridgehead atoms.